The van der Waals surface area contributed by atoms with E-state index in [1.54, 1.807) is 22.1 Å². The van der Waals surface area contributed by atoms with Crippen LogP contribution >= 0.6 is 11.3 Å². The summed E-state index contributed by atoms with van der Waals surface area (Å²) >= 11 is 1.54. The first kappa shape index (κ1) is 26.1. The number of nitrogens with zero attached hydrogens (tertiary/aromatic N) is 8. The number of aliphatic hydroxyl groups is 3. The van der Waals surface area contributed by atoms with E-state index in [1.165, 1.54) is 35.4 Å². The number of halogens is 1. The number of rotatable bonds is 6. The molecule has 1 aliphatic rings. The fourth-order valence-electron chi connectivity index (χ4n) is 4.97. The lowest BCUT2D eigenvalue weighted by Gasteiger charge is -2.42. The van der Waals surface area contributed by atoms with Crippen LogP contribution < -0.4 is 0 Å². The number of fused-ring (bicyclic) bond motifs is 1. The molecule has 1 fully saturated rings. The first-order valence-electron chi connectivity index (χ1n) is 12.4. The van der Waals surface area contributed by atoms with Crippen LogP contribution in [0.15, 0.2) is 48.9 Å². The largest absolute Gasteiger partial charge is 0.396 e. The quantitative estimate of drug-likeness (QED) is 0.279. The molecular weight excluding hydrogens is 539 g/mol. The van der Waals surface area contributed by atoms with Crippen molar-refractivity contribution in [3.8, 4) is 23.0 Å². The van der Waals surface area contributed by atoms with Gasteiger partial charge in [-0.15, -0.1) is 16.4 Å². The number of nitriles is 1. The zero-order valence-corrected chi connectivity index (χ0v) is 21.9. The highest BCUT2D eigenvalue weighted by molar-refractivity contribution is 7.18. The highest BCUT2D eigenvalue weighted by Gasteiger charge is 2.48. The summed E-state index contributed by atoms with van der Waals surface area (Å²) in [7, 11) is 0. The van der Waals surface area contributed by atoms with Crippen LogP contribution in [-0.4, -0.2) is 75.0 Å². The molecular formula is C26H23FN8O4S. The molecule has 12 nitrogen and oxygen atoms in total. The summed E-state index contributed by atoms with van der Waals surface area (Å²) in [6.07, 6.45) is -1.63. The Morgan fingerprint density at radius 1 is 1.18 bits per heavy atom. The van der Waals surface area contributed by atoms with E-state index in [-0.39, 0.29) is 24.3 Å². The molecule has 3 N–H and O–H groups in total. The van der Waals surface area contributed by atoms with Crippen LogP contribution in [0.4, 0.5) is 4.39 Å². The molecule has 5 aromatic rings. The second-order valence-electron chi connectivity index (χ2n) is 9.38. The van der Waals surface area contributed by atoms with Crippen molar-refractivity contribution in [3.63, 3.8) is 0 Å². The maximum Gasteiger partial charge on any atom is 0.163 e. The van der Waals surface area contributed by atoms with Crippen LogP contribution in [0, 0.1) is 24.1 Å². The second kappa shape index (κ2) is 10.5. The van der Waals surface area contributed by atoms with E-state index < -0.39 is 36.3 Å². The van der Waals surface area contributed by atoms with E-state index in [9.17, 15) is 19.7 Å². The number of hydrogen-bond acceptors (Lipinski definition) is 11. The number of aryl methyl sites for hydroxylation is 1. The van der Waals surface area contributed by atoms with Gasteiger partial charge in [-0.05, 0) is 43.7 Å². The van der Waals surface area contributed by atoms with Gasteiger partial charge in [-0.2, -0.15) is 10.4 Å². The van der Waals surface area contributed by atoms with Crippen molar-refractivity contribution >= 4 is 21.6 Å². The molecule has 4 heterocycles. The lowest BCUT2D eigenvalue weighted by molar-refractivity contribution is -0.205. The van der Waals surface area contributed by atoms with Gasteiger partial charge in [-0.1, -0.05) is 11.3 Å². The summed E-state index contributed by atoms with van der Waals surface area (Å²) in [6, 6.07) is 10.4. The van der Waals surface area contributed by atoms with Gasteiger partial charge in [0.2, 0.25) is 0 Å². The standard InChI is InChI=1S/C26H23FN8O4S/c1-13-31-18-5-4-16(9-21(18)40-13)35-26(29-12-30-35)25-24(38)22(23(37)20(39-25)6-7-36)34-11-19(32-33-34)14-2-3-15(10-28)17(27)8-14/h2-5,8-9,11-12,20,22-25,36-38H,6-7H2,1H3/t20-,22+,23+,24-,25-/m1/s1. The molecule has 6 rings (SSSR count). The molecule has 2 aromatic carbocycles. The minimum atomic E-state index is -1.35. The zero-order valence-electron chi connectivity index (χ0n) is 21.0. The first-order chi connectivity index (χ1) is 19.4. The number of ether oxygens (including phenoxy) is 1. The molecule has 3 aromatic heterocycles. The Morgan fingerprint density at radius 3 is 2.80 bits per heavy atom. The average molecular weight is 563 g/mol. The molecule has 0 amide bonds. The van der Waals surface area contributed by atoms with Crippen molar-refractivity contribution in [2.75, 3.05) is 6.61 Å². The van der Waals surface area contributed by atoms with Gasteiger partial charge >= 0.3 is 0 Å². The Hall–Kier alpha value is -4.13. The van der Waals surface area contributed by atoms with Crippen molar-refractivity contribution in [2.24, 2.45) is 0 Å². The van der Waals surface area contributed by atoms with Crippen molar-refractivity contribution in [3.05, 3.63) is 71.1 Å². The number of aromatic nitrogens is 7. The molecule has 14 heteroatoms. The van der Waals surface area contributed by atoms with Gasteiger partial charge in [-0.25, -0.2) is 23.7 Å². The predicted octanol–water partition coefficient (Wildman–Crippen LogP) is 2.24. The third kappa shape index (κ3) is 4.53. The van der Waals surface area contributed by atoms with Gasteiger partial charge < -0.3 is 20.1 Å². The Bertz CT molecular complexity index is 1730. The lowest BCUT2D eigenvalue weighted by Crippen LogP contribution is -2.52. The summed E-state index contributed by atoms with van der Waals surface area (Å²) in [5.74, 6) is -0.405. The molecule has 0 bridgehead atoms. The number of aliphatic hydroxyl groups excluding tert-OH is 3. The SMILES string of the molecule is Cc1nc2ccc(-n3ncnc3[C@@H]3O[C@H](CCO)[C@H](O)[C@H](n4cc(-c5ccc(C#N)c(F)c5)nn4)[C@H]3O)cc2s1. The number of benzene rings is 2. The molecule has 0 unspecified atom stereocenters. The Morgan fingerprint density at radius 2 is 2.02 bits per heavy atom. The van der Waals surface area contributed by atoms with Crippen LogP contribution in [-0.2, 0) is 4.74 Å². The van der Waals surface area contributed by atoms with E-state index in [0.717, 1.165) is 15.2 Å². The Balaban J connectivity index is 1.36. The molecule has 5 atom stereocenters. The van der Waals surface area contributed by atoms with Gasteiger partial charge in [0, 0.05) is 12.2 Å². The van der Waals surface area contributed by atoms with E-state index in [0.29, 0.717) is 17.1 Å². The van der Waals surface area contributed by atoms with Gasteiger partial charge in [0.1, 0.15) is 48.3 Å². The first-order valence-corrected chi connectivity index (χ1v) is 13.2. The van der Waals surface area contributed by atoms with E-state index >= 15 is 0 Å². The van der Waals surface area contributed by atoms with Crippen LogP contribution in [0.25, 0.3) is 27.2 Å². The highest BCUT2D eigenvalue weighted by Crippen LogP contribution is 2.39. The maximum absolute atomic E-state index is 14.2. The van der Waals surface area contributed by atoms with Crippen LogP contribution in [0.5, 0.6) is 0 Å². The van der Waals surface area contributed by atoms with Gasteiger partial charge in [0.25, 0.3) is 0 Å². The molecule has 0 saturated carbocycles. The summed E-state index contributed by atoms with van der Waals surface area (Å²) in [6.45, 7) is 1.66. The molecule has 40 heavy (non-hydrogen) atoms. The van der Waals surface area contributed by atoms with Crippen molar-refractivity contribution in [1.82, 2.24) is 34.7 Å². The normalized spacial score (nSPS) is 22.9. The predicted molar refractivity (Wildman–Crippen MR) is 140 cm³/mol. The highest BCUT2D eigenvalue weighted by atomic mass is 32.1. The molecule has 0 radical (unpaired) electrons. The number of thiazole rings is 1. The molecule has 204 valence electrons. The smallest absolute Gasteiger partial charge is 0.163 e. The van der Waals surface area contributed by atoms with Crippen molar-refractivity contribution < 1.29 is 24.4 Å². The van der Waals surface area contributed by atoms with E-state index in [4.69, 9.17) is 10.00 Å². The van der Waals surface area contributed by atoms with Crippen LogP contribution in [0.2, 0.25) is 0 Å². The molecule has 0 aliphatic carbocycles. The summed E-state index contributed by atoms with van der Waals surface area (Å²) in [4.78, 5) is 8.86. The van der Waals surface area contributed by atoms with E-state index in [1.807, 2.05) is 25.1 Å². The second-order valence-corrected chi connectivity index (χ2v) is 10.6. The van der Waals surface area contributed by atoms with Crippen molar-refractivity contribution in [1.29, 1.82) is 5.26 Å². The monoisotopic (exact) mass is 562 g/mol. The lowest BCUT2D eigenvalue weighted by atomic mass is 9.90. The third-order valence-corrected chi connectivity index (χ3v) is 7.81. The molecule has 1 saturated heterocycles. The van der Waals surface area contributed by atoms with Gasteiger partial charge in [-0.3, -0.25) is 0 Å². The number of hydrogen-bond donors (Lipinski definition) is 3. The Kier molecular flexibility index (Phi) is 6.82. The topological polar surface area (TPSA) is 168 Å². The van der Waals surface area contributed by atoms with Gasteiger partial charge in [0.05, 0.1) is 38.8 Å². The van der Waals surface area contributed by atoms with Crippen LogP contribution in [0.1, 0.15) is 35.0 Å². The summed E-state index contributed by atoms with van der Waals surface area (Å²) in [5, 5.41) is 54.8. The summed E-state index contributed by atoms with van der Waals surface area (Å²) < 4.78 is 24.1. The third-order valence-electron chi connectivity index (χ3n) is 6.88. The summed E-state index contributed by atoms with van der Waals surface area (Å²) in [5.41, 5.74) is 2.09. The fourth-order valence-corrected chi connectivity index (χ4v) is 5.83. The van der Waals surface area contributed by atoms with Crippen LogP contribution in [0.3, 0.4) is 0 Å². The van der Waals surface area contributed by atoms with Crippen molar-refractivity contribution in [2.45, 2.75) is 43.8 Å². The maximum atomic E-state index is 14.2. The fraction of sp³-hybridized carbons (Fsp3) is 0.308. The molecule has 0 spiro atoms. The minimum absolute atomic E-state index is 0.0868. The minimum Gasteiger partial charge on any atom is -0.396 e. The zero-order chi connectivity index (χ0) is 28.0. The molecule has 1 aliphatic heterocycles. The van der Waals surface area contributed by atoms with Gasteiger partial charge in [0.15, 0.2) is 5.82 Å². The van der Waals surface area contributed by atoms with E-state index in [2.05, 4.69) is 25.4 Å². The average Bonchev–Trinajstić information content (AvgIpc) is 3.69. The Labute approximate surface area is 230 Å².